The average Bonchev–Trinajstić information content (AvgIpc) is 3.30. The third-order valence-electron chi connectivity index (χ3n) is 4.59. The largest absolute Gasteiger partial charge is 0.673 e. The van der Waals surface area contributed by atoms with Crippen molar-refractivity contribution in [1.82, 2.24) is 4.90 Å². The van der Waals surface area contributed by atoms with E-state index in [9.17, 15) is 22.1 Å². The number of carbonyl (C=O) groups excluding carboxylic acids is 1. The Labute approximate surface area is 194 Å². The molecule has 32 heavy (non-hydrogen) atoms. The Balaban J connectivity index is 0.000000654. The number of halogens is 4. The summed E-state index contributed by atoms with van der Waals surface area (Å²) < 4.78 is 52.8. The van der Waals surface area contributed by atoms with Crippen molar-refractivity contribution < 1.29 is 36.1 Å². The van der Waals surface area contributed by atoms with Gasteiger partial charge in [-0.15, -0.1) is 4.58 Å². The number of rotatable bonds is 8. The van der Waals surface area contributed by atoms with E-state index < -0.39 is 7.25 Å². The maximum absolute atomic E-state index is 13.0. The topological polar surface area (TPSA) is 41.8 Å². The first kappa shape index (κ1) is 26.6. The highest BCUT2D eigenvalue weighted by atomic mass is 32.2. The van der Waals surface area contributed by atoms with Gasteiger partial charge in [0.15, 0.2) is 18.0 Å². The standard InChI is InChI=1S/C20H27N2O3S2.BF4/c1-4-21(5-2)10-7-11-22-19(23)18(27-20(22)26-6-3)13-15-8-9-16-17(12-15)25-14-24-16;2-1(3,4)5/h8-9,12-13H,4-7,10-11,14H2,1-3H3;/q+1;-1/b18-13-;. The number of carbonyl (C=O) groups is 1. The van der Waals surface area contributed by atoms with Gasteiger partial charge >= 0.3 is 13.2 Å². The third kappa shape index (κ3) is 8.36. The van der Waals surface area contributed by atoms with Gasteiger partial charge in [-0.05, 0) is 60.4 Å². The predicted molar refractivity (Wildman–Crippen MR) is 124 cm³/mol. The second-order valence-corrected chi connectivity index (χ2v) is 9.30. The average molecular weight is 494 g/mol. The number of fused-ring (bicyclic) bond motifs is 1. The Morgan fingerprint density at radius 1 is 1.16 bits per heavy atom. The molecule has 0 atom stereocenters. The molecule has 178 valence electrons. The maximum atomic E-state index is 13.0. The van der Waals surface area contributed by atoms with Crippen LogP contribution < -0.4 is 9.47 Å². The number of ether oxygens (including phenoxy) is 2. The van der Waals surface area contributed by atoms with Crippen molar-refractivity contribution in [2.24, 2.45) is 0 Å². The van der Waals surface area contributed by atoms with Crippen LogP contribution in [0.15, 0.2) is 23.1 Å². The van der Waals surface area contributed by atoms with Crippen LogP contribution in [0.2, 0.25) is 0 Å². The van der Waals surface area contributed by atoms with Gasteiger partial charge in [-0.25, -0.2) is 4.79 Å². The summed E-state index contributed by atoms with van der Waals surface area (Å²) >= 11 is 3.32. The van der Waals surface area contributed by atoms with Crippen LogP contribution in [0.3, 0.4) is 0 Å². The molecular weight excluding hydrogens is 467 g/mol. The van der Waals surface area contributed by atoms with Gasteiger partial charge < -0.3 is 31.6 Å². The summed E-state index contributed by atoms with van der Waals surface area (Å²) in [4.78, 5) is 16.1. The van der Waals surface area contributed by atoms with Crippen molar-refractivity contribution in [2.75, 3.05) is 38.7 Å². The van der Waals surface area contributed by atoms with E-state index in [1.165, 1.54) is 0 Å². The van der Waals surface area contributed by atoms with Crippen LogP contribution in [0.1, 0.15) is 32.8 Å². The zero-order valence-electron chi connectivity index (χ0n) is 18.3. The molecule has 0 aliphatic carbocycles. The lowest BCUT2D eigenvalue weighted by atomic mass is 10.2. The summed E-state index contributed by atoms with van der Waals surface area (Å²) in [7, 11) is -6.00. The Hall–Kier alpha value is -1.66. The lowest BCUT2D eigenvalue weighted by Gasteiger charge is -2.16. The van der Waals surface area contributed by atoms with Crippen LogP contribution in [0, 0.1) is 0 Å². The van der Waals surface area contributed by atoms with Crippen LogP contribution in [-0.4, -0.2) is 65.7 Å². The van der Waals surface area contributed by atoms with E-state index >= 15 is 0 Å². The Morgan fingerprint density at radius 3 is 2.44 bits per heavy atom. The highest BCUT2D eigenvalue weighted by Gasteiger charge is 2.37. The minimum absolute atomic E-state index is 0.105. The molecule has 1 amide bonds. The molecule has 0 saturated carbocycles. The molecule has 3 rings (SSSR count). The molecule has 1 aromatic carbocycles. The highest BCUT2D eigenvalue weighted by Crippen LogP contribution is 2.36. The van der Waals surface area contributed by atoms with E-state index in [1.54, 1.807) is 23.5 Å². The van der Waals surface area contributed by atoms with Crippen LogP contribution in [0.5, 0.6) is 11.5 Å². The number of benzene rings is 1. The Bertz CT molecular complexity index is 856. The van der Waals surface area contributed by atoms with Crippen molar-refractivity contribution in [3.63, 3.8) is 0 Å². The third-order valence-corrected chi connectivity index (χ3v) is 6.85. The molecule has 2 heterocycles. The monoisotopic (exact) mass is 494 g/mol. The quantitative estimate of drug-likeness (QED) is 0.215. The number of amides is 1. The zero-order valence-corrected chi connectivity index (χ0v) is 19.9. The molecule has 0 unspecified atom stereocenters. The first-order chi connectivity index (χ1) is 15.2. The molecule has 0 saturated heterocycles. The van der Waals surface area contributed by atoms with Crippen LogP contribution in [0.25, 0.3) is 6.08 Å². The fraction of sp³-hybridized carbons (Fsp3) is 0.500. The second-order valence-electron chi connectivity index (χ2n) is 6.75. The first-order valence-corrected chi connectivity index (χ1v) is 12.2. The number of nitrogens with zero attached hydrogens (tertiary/aromatic N) is 2. The molecule has 0 bridgehead atoms. The minimum Gasteiger partial charge on any atom is -0.454 e. The molecule has 0 N–H and O–H groups in total. The van der Waals surface area contributed by atoms with E-state index in [2.05, 4.69) is 25.7 Å². The molecule has 5 nitrogen and oxygen atoms in total. The van der Waals surface area contributed by atoms with Gasteiger partial charge in [0.05, 0.1) is 0 Å². The summed E-state index contributed by atoms with van der Waals surface area (Å²) in [5, 5.41) is 0. The van der Waals surface area contributed by atoms with Gasteiger partial charge in [0.1, 0.15) is 4.91 Å². The number of thioether (sulfide) groups is 2. The van der Waals surface area contributed by atoms with E-state index in [-0.39, 0.29) is 12.7 Å². The normalized spacial score (nSPS) is 16.8. The van der Waals surface area contributed by atoms with E-state index in [1.807, 2.05) is 28.9 Å². The van der Waals surface area contributed by atoms with Crippen molar-refractivity contribution >= 4 is 47.1 Å². The van der Waals surface area contributed by atoms with Crippen LogP contribution in [-0.2, 0) is 4.79 Å². The van der Waals surface area contributed by atoms with Crippen molar-refractivity contribution in [3.05, 3.63) is 28.7 Å². The molecule has 0 spiro atoms. The predicted octanol–water partition coefficient (Wildman–Crippen LogP) is 5.18. The number of hydrogen-bond donors (Lipinski definition) is 0. The van der Waals surface area contributed by atoms with Gasteiger partial charge in [0, 0.05) is 18.7 Å². The van der Waals surface area contributed by atoms with E-state index in [0.29, 0.717) is 0 Å². The van der Waals surface area contributed by atoms with Gasteiger partial charge in [0.2, 0.25) is 6.79 Å². The Morgan fingerprint density at radius 2 is 1.81 bits per heavy atom. The first-order valence-electron chi connectivity index (χ1n) is 10.4. The lowest BCUT2D eigenvalue weighted by Crippen LogP contribution is -2.28. The molecule has 2 aliphatic heterocycles. The smallest absolute Gasteiger partial charge is 0.454 e. The Kier molecular flexibility index (Phi) is 10.4. The maximum Gasteiger partial charge on any atom is 0.673 e. The fourth-order valence-electron chi connectivity index (χ4n) is 3.07. The highest BCUT2D eigenvalue weighted by molar-refractivity contribution is 8.40. The van der Waals surface area contributed by atoms with E-state index in [4.69, 9.17) is 9.47 Å². The molecular formula is C20H27BF4N2O3S2. The summed E-state index contributed by atoms with van der Waals surface area (Å²) in [6, 6.07) is 5.79. The van der Waals surface area contributed by atoms with Crippen molar-refractivity contribution in [2.45, 2.75) is 27.2 Å². The summed E-state index contributed by atoms with van der Waals surface area (Å²) in [6.07, 6.45) is 2.94. The molecule has 12 heteroatoms. The lowest BCUT2D eigenvalue weighted by molar-refractivity contribution is -0.438. The van der Waals surface area contributed by atoms with E-state index in [0.717, 1.165) is 64.7 Å². The van der Waals surface area contributed by atoms with Crippen molar-refractivity contribution in [1.29, 1.82) is 0 Å². The summed E-state index contributed by atoms with van der Waals surface area (Å²) in [6.45, 7) is 10.6. The van der Waals surface area contributed by atoms with Gasteiger partial charge in [-0.3, -0.25) is 0 Å². The molecule has 0 fully saturated rings. The summed E-state index contributed by atoms with van der Waals surface area (Å²) in [5.74, 6) is 2.56. The zero-order chi connectivity index (χ0) is 23.7. The van der Waals surface area contributed by atoms with Crippen LogP contribution >= 0.6 is 23.5 Å². The second kappa shape index (κ2) is 12.5. The van der Waals surface area contributed by atoms with Crippen molar-refractivity contribution in [3.8, 4) is 11.5 Å². The molecule has 0 aromatic heterocycles. The minimum atomic E-state index is -6.00. The molecule has 2 aliphatic rings. The number of hydrogen-bond acceptors (Lipinski definition) is 6. The van der Waals surface area contributed by atoms with Gasteiger partial charge in [-0.1, -0.05) is 26.8 Å². The SMILES string of the molecule is CCSC1=[N+](CCCN(CC)CC)C(=O)/C(=C/c2ccc3c(c2)OCO3)S1.F[B-](F)(F)F. The summed E-state index contributed by atoms with van der Waals surface area (Å²) in [5.41, 5.74) is 0.959. The van der Waals surface area contributed by atoms with Crippen LogP contribution in [0.4, 0.5) is 17.3 Å². The molecule has 1 aromatic rings. The van der Waals surface area contributed by atoms with Gasteiger partial charge in [-0.2, -0.15) is 0 Å². The van der Waals surface area contributed by atoms with Gasteiger partial charge in [0.25, 0.3) is 4.38 Å². The molecule has 0 radical (unpaired) electrons. The fourth-order valence-corrected chi connectivity index (χ4v) is 5.37.